The first kappa shape index (κ1) is 8.50. The normalized spacial score (nSPS) is 12.8. The van der Waals surface area contributed by atoms with Gasteiger partial charge in [0.05, 0.1) is 0 Å². The van der Waals surface area contributed by atoms with E-state index in [0.29, 0.717) is 6.04 Å². The Morgan fingerprint density at radius 1 is 1.82 bits per heavy atom. The summed E-state index contributed by atoms with van der Waals surface area (Å²) >= 11 is 1.78. The molecule has 2 heteroatoms. The Kier molecular flexibility index (Phi) is 3.33. The number of thiophene rings is 1. The molecule has 60 valence electrons. The van der Waals surface area contributed by atoms with Crippen molar-refractivity contribution in [3.8, 4) is 0 Å². The lowest BCUT2D eigenvalue weighted by Gasteiger charge is -2.06. The molecular formula is C9H13NS. The van der Waals surface area contributed by atoms with Gasteiger partial charge < -0.3 is 5.32 Å². The van der Waals surface area contributed by atoms with Crippen molar-refractivity contribution in [3.05, 3.63) is 35.0 Å². The quantitative estimate of drug-likeness (QED) is 0.679. The van der Waals surface area contributed by atoms with E-state index in [9.17, 15) is 0 Å². The zero-order valence-electron chi connectivity index (χ0n) is 6.71. The van der Waals surface area contributed by atoms with E-state index in [1.165, 1.54) is 4.88 Å². The molecule has 0 bridgehead atoms. The van der Waals surface area contributed by atoms with E-state index >= 15 is 0 Å². The van der Waals surface area contributed by atoms with Gasteiger partial charge in [-0.15, -0.1) is 17.9 Å². The monoisotopic (exact) mass is 167 g/mol. The van der Waals surface area contributed by atoms with Crippen molar-refractivity contribution < 1.29 is 0 Å². The molecule has 0 radical (unpaired) electrons. The Morgan fingerprint density at radius 3 is 3.18 bits per heavy atom. The highest BCUT2D eigenvalue weighted by Crippen LogP contribution is 2.07. The summed E-state index contributed by atoms with van der Waals surface area (Å²) in [5.74, 6) is 0. The minimum Gasteiger partial charge on any atom is -0.306 e. The highest BCUT2D eigenvalue weighted by molar-refractivity contribution is 7.09. The van der Waals surface area contributed by atoms with Gasteiger partial charge in [0.15, 0.2) is 0 Å². The van der Waals surface area contributed by atoms with Gasteiger partial charge in [-0.3, -0.25) is 0 Å². The van der Waals surface area contributed by atoms with Crippen molar-refractivity contribution in [3.63, 3.8) is 0 Å². The van der Waals surface area contributed by atoms with Crippen LogP contribution >= 0.6 is 11.3 Å². The Balaban J connectivity index is 2.28. The highest BCUT2D eigenvalue weighted by Gasteiger charge is 1.95. The number of hydrogen-bond donors (Lipinski definition) is 1. The molecule has 0 aliphatic carbocycles. The first-order valence-corrected chi connectivity index (χ1v) is 4.59. The summed E-state index contributed by atoms with van der Waals surface area (Å²) in [4.78, 5) is 1.37. The van der Waals surface area contributed by atoms with Crippen molar-refractivity contribution in [1.29, 1.82) is 0 Å². The molecule has 1 aromatic rings. The average molecular weight is 167 g/mol. The fourth-order valence-corrected chi connectivity index (χ4v) is 1.41. The molecule has 0 aromatic carbocycles. The summed E-state index contributed by atoms with van der Waals surface area (Å²) < 4.78 is 0. The first-order chi connectivity index (χ1) is 5.33. The Labute approximate surface area is 71.8 Å². The molecule has 1 atom stereocenters. The maximum Gasteiger partial charge on any atom is 0.0305 e. The van der Waals surface area contributed by atoms with Gasteiger partial charge >= 0.3 is 0 Å². The Hall–Kier alpha value is -0.600. The molecule has 0 amide bonds. The standard InChI is InChI=1S/C9H13NS/c1-3-8(2)10-7-9-5-4-6-11-9/h3-6,8,10H,1,7H2,2H3. The van der Waals surface area contributed by atoms with E-state index in [2.05, 4.69) is 36.3 Å². The Morgan fingerprint density at radius 2 is 2.64 bits per heavy atom. The van der Waals surface area contributed by atoms with Gasteiger partial charge in [-0.25, -0.2) is 0 Å². The molecule has 1 rings (SSSR count). The van der Waals surface area contributed by atoms with Crippen molar-refractivity contribution in [2.45, 2.75) is 19.5 Å². The van der Waals surface area contributed by atoms with Crippen molar-refractivity contribution >= 4 is 11.3 Å². The molecular weight excluding hydrogens is 154 g/mol. The van der Waals surface area contributed by atoms with Crippen LogP contribution in [-0.4, -0.2) is 6.04 Å². The second kappa shape index (κ2) is 4.31. The lowest BCUT2D eigenvalue weighted by molar-refractivity contribution is 0.640. The molecule has 0 spiro atoms. The predicted octanol–water partition coefficient (Wildman–Crippen LogP) is 2.41. The predicted molar refractivity (Wildman–Crippen MR) is 50.8 cm³/mol. The van der Waals surface area contributed by atoms with E-state index in [0.717, 1.165) is 6.54 Å². The van der Waals surface area contributed by atoms with E-state index in [-0.39, 0.29) is 0 Å². The van der Waals surface area contributed by atoms with Crippen LogP contribution in [0.4, 0.5) is 0 Å². The molecule has 1 aromatic heterocycles. The van der Waals surface area contributed by atoms with Crippen LogP contribution < -0.4 is 5.32 Å². The molecule has 0 fully saturated rings. The summed E-state index contributed by atoms with van der Waals surface area (Å²) in [6, 6.07) is 4.60. The molecule has 1 unspecified atom stereocenters. The van der Waals surface area contributed by atoms with Gasteiger partial charge in [-0.05, 0) is 18.4 Å². The summed E-state index contributed by atoms with van der Waals surface area (Å²) in [5, 5.41) is 5.42. The topological polar surface area (TPSA) is 12.0 Å². The second-order valence-corrected chi connectivity index (χ2v) is 3.52. The summed E-state index contributed by atoms with van der Waals surface area (Å²) in [7, 11) is 0. The van der Waals surface area contributed by atoms with E-state index in [4.69, 9.17) is 0 Å². The van der Waals surface area contributed by atoms with Crippen molar-refractivity contribution in [1.82, 2.24) is 5.32 Å². The molecule has 1 nitrogen and oxygen atoms in total. The average Bonchev–Trinajstić information content (AvgIpc) is 2.52. The molecule has 0 saturated heterocycles. The number of rotatable bonds is 4. The lowest BCUT2D eigenvalue weighted by Crippen LogP contribution is -2.22. The summed E-state index contributed by atoms with van der Waals surface area (Å²) in [6.07, 6.45) is 1.91. The van der Waals surface area contributed by atoms with E-state index in [1.807, 2.05) is 6.08 Å². The first-order valence-electron chi connectivity index (χ1n) is 3.71. The molecule has 0 saturated carbocycles. The maximum atomic E-state index is 3.70. The minimum atomic E-state index is 0.400. The molecule has 0 aliphatic heterocycles. The largest absolute Gasteiger partial charge is 0.306 e. The van der Waals surface area contributed by atoms with Crippen molar-refractivity contribution in [2.24, 2.45) is 0 Å². The SMILES string of the molecule is C=CC(C)NCc1cccs1. The van der Waals surface area contributed by atoms with E-state index in [1.54, 1.807) is 11.3 Å². The van der Waals surface area contributed by atoms with Crippen LogP contribution in [-0.2, 0) is 6.54 Å². The lowest BCUT2D eigenvalue weighted by atomic mass is 10.3. The second-order valence-electron chi connectivity index (χ2n) is 2.48. The van der Waals surface area contributed by atoms with Crippen LogP contribution in [0.1, 0.15) is 11.8 Å². The van der Waals surface area contributed by atoms with Crippen LogP contribution in [0.25, 0.3) is 0 Å². The molecule has 1 heterocycles. The highest BCUT2D eigenvalue weighted by atomic mass is 32.1. The third-order valence-electron chi connectivity index (χ3n) is 1.53. The van der Waals surface area contributed by atoms with Crippen LogP contribution in [0.15, 0.2) is 30.2 Å². The summed E-state index contributed by atoms with van der Waals surface area (Å²) in [5.41, 5.74) is 0. The fourth-order valence-electron chi connectivity index (χ4n) is 0.758. The maximum absolute atomic E-state index is 3.70. The molecule has 11 heavy (non-hydrogen) atoms. The van der Waals surface area contributed by atoms with Crippen LogP contribution in [0.5, 0.6) is 0 Å². The van der Waals surface area contributed by atoms with Gasteiger partial charge in [0.1, 0.15) is 0 Å². The number of hydrogen-bond acceptors (Lipinski definition) is 2. The van der Waals surface area contributed by atoms with Crippen molar-refractivity contribution in [2.75, 3.05) is 0 Å². The fraction of sp³-hybridized carbons (Fsp3) is 0.333. The smallest absolute Gasteiger partial charge is 0.0305 e. The third-order valence-corrected chi connectivity index (χ3v) is 2.41. The van der Waals surface area contributed by atoms with Gasteiger partial charge in [0.25, 0.3) is 0 Å². The minimum absolute atomic E-state index is 0.400. The zero-order chi connectivity index (χ0) is 8.10. The van der Waals surface area contributed by atoms with Gasteiger partial charge in [0.2, 0.25) is 0 Å². The molecule has 1 N–H and O–H groups in total. The number of nitrogens with one attached hydrogen (secondary N) is 1. The van der Waals surface area contributed by atoms with Crippen LogP contribution in [0, 0.1) is 0 Å². The van der Waals surface area contributed by atoms with E-state index < -0.39 is 0 Å². The van der Waals surface area contributed by atoms with Gasteiger partial charge in [-0.1, -0.05) is 12.1 Å². The van der Waals surface area contributed by atoms with Gasteiger partial charge in [-0.2, -0.15) is 0 Å². The van der Waals surface area contributed by atoms with Gasteiger partial charge in [0, 0.05) is 17.5 Å². The van der Waals surface area contributed by atoms with Crippen LogP contribution in [0.2, 0.25) is 0 Å². The van der Waals surface area contributed by atoms with Crippen LogP contribution in [0.3, 0.4) is 0 Å². The summed E-state index contributed by atoms with van der Waals surface area (Å²) in [6.45, 7) is 6.75. The Bertz CT molecular complexity index is 203. The molecule has 0 aliphatic rings. The third kappa shape index (κ3) is 2.87. The zero-order valence-corrected chi connectivity index (χ0v) is 7.53.